The van der Waals surface area contributed by atoms with Crippen molar-refractivity contribution in [1.29, 1.82) is 0 Å². The molecular weight excluding hydrogens is 314 g/mol. The summed E-state index contributed by atoms with van der Waals surface area (Å²) in [6.45, 7) is 2.31. The van der Waals surface area contributed by atoms with Gasteiger partial charge in [-0.15, -0.1) is 9.24 Å². The van der Waals surface area contributed by atoms with Crippen molar-refractivity contribution in [2.24, 2.45) is 0 Å². The van der Waals surface area contributed by atoms with E-state index in [9.17, 15) is 0 Å². The quantitative estimate of drug-likeness (QED) is 0.589. The summed E-state index contributed by atoms with van der Waals surface area (Å²) in [7, 11) is 2.49. The maximum absolute atomic E-state index is 2.91. The molecule has 0 saturated carbocycles. The predicted molar refractivity (Wildman–Crippen MR) is 108 cm³/mol. The van der Waals surface area contributed by atoms with Gasteiger partial charge in [0.15, 0.2) is 0 Å². The minimum absolute atomic E-state index is 0.420. The van der Waals surface area contributed by atoms with E-state index in [1.54, 1.807) is 0 Å². The first-order valence-electron chi connectivity index (χ1n) is 8.05. The van der Waals surface area contributed by atoms with E-state index >= 15 is 0 Å². The number of rotatable bonds is 5. The van der Waals surface area contributed by atoms with Crippen LogP contribution in [0.25, 0.3) is 0 Å². The van der Waals surface area contributed by atoms with Gasteiger partial charge in [0.25, 0.3) is 0 Å². The van der Waals surface area contributed by atoms with E-state index in [1.165, 1.54) is 21.5 Å². The van der Waals surface area contributed by atoms with Crippen LogP contribution in [0, 0.1) is 0 Å². The molecule has 3 aromatic carbocycles. The van der Waals surface area contributed by atoms with Gasteiger partial charge in [-0.05, 0) is 35.8 Å². The first-order chi connectivity index (χ1) is 11.3. The standard InChI is InChI=1S/C21H22P2/c1-2-21(19-15-9-10-16-20(19)22)23(17-11-5-3-6-12-17)18-13-7-4-8-14-18/h3-16,21H,2,22H2,1H3. The molecular formula is C21H22P2. The maximum Gasteiger partial charge on any atom is 0.0125 e. The summed E-state index contributed by atoms with van der Waals surface area (Å²) in [6.07, 6.45) is 1.14. The average Bonchev–Trinajstić information content (AvgIpc) is 2.62. The van der Waals surface area contributed by atoms with Gasteiger partial charge < -0.3 is 0 Å². The van der Waals surface area contributed by atoms with Crippen molar-refractivity contribution in [3.8, 4) is 0 Å². The second-order valence-corrected chi connectivity index (χ2v) is 8.61. The summed E-state index contributed by atoms with van der Waals surface area (Å²) < 4.78 is 0. The van der Waals surface area contributed by atoms with Gasteiger partial charge in [-0.1, -0.05) is 91.9 Å². The average molecular weight is 336 g/mol. The topological polar surface area (TPSA) is 0 Å². The number of benzene rings is 3. The highest BCUT2D eigenvalue weighted by Crippen LogP contribution is 2.51. The van der Waals surface area contributed by atoms with E-state index < -0.39 is 7.92 Å². The van der Waals surface area contributed by atoms with Gasteiger partial charge in [-0.2, -0.15) is 0 Å². The normalized spacial score (nSPS) is 12.3. The van der Waals surface area contributed by atoms with Crippen LogP contribution in [0.5, 0.6) is 0 Å². The Balaban J connectivity index is 2.12. The monoisotopic (exact) mass is 336 g/mol. The molecule has 3 aromatic rings. The molecule has 2 unspecified atom stereocenters. The number of hydrogen-bond acceptors (Lipinski definition) is 0. The summed E-state index contributed by atoms with van der Waals surface area (Å²) in [5.74, 6) is 0. The first-order valence-corrected chi connectivity index (χ1v) is 10.0. The van der Waals surface area contributed by atoms with Gasteiger partial charge in [0.1, 0.15) is 0 Å². The molecule has 0 bridgehead atoms. The van der Waals surface area contributed by atoms with Crippen molar-refractivity contribution in [3.05, 3.63) is 90.5 Å². The van der Waals surface area contributed by atoms with Crippen molar-refractivity contribution in [3.63, 3.8) is 0 Å². The third-order valence-electron chi connectivity index (χ3n) is 4.12. The molecule has 0 amide bonds. The second-order valence-electron chi connectivity index (χ2n) is 5.59. The molecule has 23 heavy (non-hydrogen) atoms. The van der Waals surface area contributed by atoms with Gasteiger partial charge in [0.05, 0.1) is 0 Å². The van der Waals surface area contributed by atoms with Crippen molar-refractivity contribution in [1.82, 2.24) is 0 Å². The first kappa shape index (κ1) is 16.4. The summed E-state index contributed by atoms with van der Waals surface area (Å²) in [4.78, 5) is 0. The SMILES string of the molecule is CCC(c1ccccc1P)P(c1ccccc1)c1ccccc1. The van der Waals surface area contributed by atoms with E-state index in [0.29, 0.717) is 5.66 Å². The fraction of sp³-hybridized carbons (Fsp3) is 0.143. The molecule has 0 saturated heterocycles. The predicted octanol–water partition coefficient (Wildman–Crippen LogP) is 4.77. The Labute approximate surface area is 142 Å². The molecule has 0 aliphatic heterocycles. The van der Waals surface area contributed by atoms with Crippen LogP contribution in [0.4, 0.5) is 0 Å². The fourth-order valence-corrected chi connectivity index (χ4v) is 6.47. The highest BCUT2D eigenvalue weighted by Gasteiger charge is 2.25. The lowest BCUT2D eigenvalue weighted by Gasteiger charge is -2.29. The molecule has 0 radical (unpaired) electrons. The summed E-state index contributed by atoms with van der Waals surface area (Å²) >= 11 is 0. The molecule has 0 aromatic heterocycles. The Morgan fingerprint density at radius 2 is 1.22 bits per heavy atom. The summed E-state index contributed by atoms with van der Waals surface area (Å²) in [6, 6.07) is 30.8. The van der Waals surface area contributed by atoms with Crippen molar-refractivity contribution in [2.75, 3.05) is 0 Å². The highest BCUT2D eigenvalue weighted by atomic mass is 31.1. The Bertz CT molecular complexity index is 699. The van der Waals surface area contributed by atoms with E-state index in [2.05, 4.69) is 101 Å². The van der Waals surface area contributed by atoms with Crippen molar-refractivity contribution >= 4 is 33.1 Å². The minimum atomic E-state index is -0.420. The number of hydrogen-bond donors (Lipinski definition) is 0. The molecule has 0 fully saturated rings. The van der Waals surface area contributed by atoms with Gasteiger partial charge >= 0.3 is 0 Å². The summed E-state index contributed by atoms with van der Waals surface area (Å²) in [5.41, 5.74) is 1.99. The van der Waals surface area contributed by atoms with Crippen LogP contribution >= 0.6 is 17.2 Å². The summed E-state index contributed by atoms with van der Waals surface area (Å²) in [5, 5.41) is 4.22. The molecule has 2 atom stereocenters. The second kappa shape index (κ2) is 7.87. The molecule has 0 spiro atoms. The van der Waals surface area contributed by atoms with Crippen LogP contribution < -0.4 is 15.9 Å². The Morgan fingerprint density at radius 3 is 1.70 bits per heavy atom. The molecule has 2 heteroatoms. The minimum Gasteiger partial charge on any atom is -0.105 e. The molecule has 3 rings (SSSR count). The molecule has 0 aliphatic carbocycles. The van der Waals surface area contributed by atoms with E-state index in [0.717, 1.165) is 6.42 Å². The lowest BCUT2D eigenvalue weighted by Crippen LogP contribution is -2.19. The van der Waals surface area contributed by atoms with E-state index in [-0.39, 0.29) is 0 Å². The Kier molecular flexibility index (Phi) is 5.60. The molecule has 0 N–H and O–H groups in total. The maximum atomic E-state index is 2.91. The highest BCUT2D eigenvalue weighted by molar-refractivity contribution is 7.73. The zero-order valence-electron chi connectivity index (χ0n) is 13.4. The van der Waals surface area contributed by atoms with Crippen LogP contribution in [-0.4, -0.2) is 0 Å². The molecule has 0 nitrogen and oxygen atoms in total. The van der Waals surface area contributed by atoms with Crippen LogP contribution in [-0.2, 0) is 0 Å². The molecule has 0 aliphatic rings. The van der Waals surface area contributed by atoms with Crippen LogP contribution in [0.15, 0.2) is 84.9 Å². The third-order valence-corrected chi connectivity index (χ3v) is 7.62. The van der Waals surface area contributed by atoms with Crippen LogP contribution in [0.1, 0.15) is 24.6 Å². The zero-order chi connectivity index (χ0) is 16.1. The van der Waals surface area contributed by atoms with Gasteiger partial charge in [0, 0.05) is 5.66 Å². The van der Waals surface area contributed by atoms with E-state index in [1.807, 2.05) is 0 Å². The van der Waals surface area contributed by atoms with Crippen molar-refractivity contribution in [2.45, 2.75) is 19.0 Å². The Hall–Kier alpha value is -1.48. The lowest BCUT2D eigenvalue weighted by molar-refractivity contribution is 0.893. The largest absolute Gasteiger partial charge is 0.105 e. The van der Waals surface area contributed by atoms with Crippen molar-refractivity contribution < 1.29 is 0 Å². The Morgan fingerprint density at radius 1 is 0.739 bits per heavy atom. The smallest absolute Gasteiger partial charge is 0.0125 e. The lowest BCUT2D eigenvalue weighted by atomic mass is 10.1. The third kappa shape index (κ3) is 3.72. The fourth-order valence-electron chi connectivity index (χ4n) is 3.04. The van der Waals surface area contributed by atoms with Gasteiger partial charge in [-0.3, -0.25) is 0 Å². The van der Waals surface area contributed by atoms with Gasteiger partial charge in [-0.25, -0.2) is 0 Å². The van der Waals surface area contributed by atoms with Crippen LogP contribution in [0.2, 0.25) is 0 Å². The molecule has 116 valence electrons. The van der Waals surface area contributed by atoms with Gasteiger partial charge in [0.2, 0.25) is 0 Å². The van der Waals surface area contributed by atoms with E-state index in [4.69, 9.17) is 0 Å². The van der Waals surface area contributed by atoms with Crippen LogP contribution in [0.3, 0.4) is 0 Å². The zero-order valence-corrected chi connectivity index (χ0v) is 15.4. The molecule has 0 heterocycles.